The lowest BCUT2D eigenvalue weighted by Gasteiger charge is -2.28. The molecule has 1 N–H and O–H groups in total. The van der Waals surface area contributed by atoms with E-state index in [2.05, 4.69) is 55.5 Å². The third-order valence-electron chi connectivity index (χ3n) is 7.52. The predicted octanol–water partition coefficient (Wildman–Crippen LogP) is 7.13. The first kappa shape index (κ1) is 21.9. The molecule has 2 fully saturated rings. The molecule has 0 aliphatic heterocycles. The van der Waals surface area contributed by atoms with Gasteiger partial charge in [0, 0.05) is 0 Å². The highest BCUT2D eigenvalue weighted by molar-refractivity contribution is 5.70. The fourth-order valence-electron chi connectivity index (χ4n) is 5.41. The summed E-state index contributed by atoms with van der Waals surface area (Å²) in [6.45, 7) is 2.29. The molecular weight excluding hydrogens is 384 g/mol. The van der Waals surface area contributed by atoms with Gasteiger partial charge in [-0.2, -0.15) is 0 Å². The molecule has 0 saturated heterocycles. The van der Waals surface area contributed by atoms with Gasteiger partial charge in [0.25, 0.3) is 0 Å². The lowest BCUT2D eigenvalue weighted by atomic mass is 9.86. The number of hydrogen-bond donors (Lipinski definition) is 1. The lowest BCUT2D eigenvalue weighted by Crippen LogP contribution is -2.23. The van der Waals surface area contributed by atoms with Crippen molar-refractivity contribution in [2.45, 2.75) is 77.2 Å². The second-order valence-electron chi connectivity index (χ2n) is 9.65. The molecule has 2 aliphatic rings. The summed E-state index contributed by atoms with van der Waals surface area (Å²) in [7, 11) is 0. The molecule has 3 nitrogen and oxygen atoms in total. The van der Waals surface area contributed by atoms with Gasteiger partial charge in [-0.05, 0) is 98.4 Å². The van der Waals surface area contributed by atoms with Gasteiger partial charge in [-0.1, -0.05) is 49.7 Å². The number of rotatable bonds is 8. The van der Waals surface area contributed by atoms with Gasteiger partial charge in [0.15, 0.2) is 0 Å². The molecule has 2 saturated carbocycles. The Morgan fingerprint density at radius 3 is 2.35 bits per heavy atom. The van der Waals surface area contributed by atoms with Crippen molar-refractivity contribution < 1.29 is 14.6 Å². The number of benzene rings is 2. The van der Waals surface area contributed by atoms with Crippen LogP contribution in [0.3, 0.4) is 0 Å². The van der Waals surface area contributed by atoms with E-state index in [1.165, 1.54) is 48.8 Å². The van der Waals surface area contributed by atoms with Gasteiger partial charge >= 0.3 is 5.97 Å². The zero-order chi connectivity index (χ0) is 21.6. The zero-order valence-electron chi connectivity index (χ0n) is 18.8. The van der Waals surface area contributed by atoms with Crippen LogP contribution in [0.5, 0.6) is 5.75 Å². The second-order valence-corrected chi connectivity index (χ2v) is 9.65. The fourth-order valence-corrected chi connectivity index (χ4v) is 5.41. The maximum atomic E-state index is 11.2. The van der Waals surface area contributed by atoms with Crippen molar-refractivity contribution in [3.8, 4) is 16.9 Å². The van der Waals surface area contributed by atoms with Crippen LogP contribution in [0, 0.1) is 17.8 Å². The Bertz CT molecular complexity index is 849. The van der Waals surface area contributed by atoms with E-state index >= 15 is 0 Å². The third kappa shape index (κ3) is 5.90. The van der Waals surface area contributed by atoms with Gasteiger partial charge in [0.1, 0.15) is 5.75 Å². The maximum Gasteiger partial charge on any atom is 0.306 e. The summed E-state index contributed by atoms with van der Waals surface area (Å²) in [6, 6.07) is 17.3. The van der Waals surface area contributed by atoms with Gasteiger partial charge in [-0.25, -0.2) is 0 Å². The van der Waals surface area contributed by atoms with Crippen molar-refractivity contribution in [1.29, 1.82) is 0 Å². The van der Waals surface area contributed by atoms with Gasteiger partial charge in [-0.3, -0.25) is 4.79 Å². The highest BCUT2D eigenvalue weighted by atomic mass is 16.5. The predicted molar refractivity (Wildman–Crippen MR) is 125 cm³/mol. The minimum atomic E-state index is -0.620. The topological polar surface area (TPSA) is 46.5 Å². The summed E-state index contributed by atoms with van der Waals surface area (Å²) in [4.78, 5) is 11.2. The summed E-state index contributed by atoms with van der Waals surface area (Å²) in [6.07, 6.45) is 11.5. The van der Waals surface area contributed by atoms with Crippen LogP contribution in [-0.4, -0.2) is 17.2 Å². The Balaban J connectivity index is 1.31. The molecule has 2 unspecified atom stereocenters. The van der Waals surface area contributed by atoms with E-state index in [1.54, 1.807) is 0 Å². The molecule has 31 heavy (non-hydrogen) atoms. The largest absolute Gasteiger partial charge is 0.490 e. The molecule has 4 rings (SSSR count). The second kappa shape index (κ2) is 10.3. The van der Waals surface area contributed by atoms with E-state index in [1.807, 2.05) is 0 Å². The van der Waals surface area contributed by atoms with Crippen molar-refractivity contribution in [3.63, 3.8) is 0 Å². The van der Waals surface area contributed by atoms with Crippen molar-refractivity contribution in [2.24, 2.45) is 17.8 Å². The SMILES string of the molecule is CCC1CCC(Oc2ccc(-c3cccc(CCC4CCC(C(=O)O)C4)c3)cc2)CC1. The highest BCUT2D eigenvalue weighted by Gasteiger charge is 2.29. The van der Waals surface area contributed by atoms with Gasteiger partial charge in [-0.15, -0.1) is 0 Å². The average molecular weight is 421 g/mol. The molecular formula is C28H36O3. The molecule has 0 radical (unpaired) electrons. The maximum absolute atomic E-state index is 11.2. The molecule has 0 amide bonds. The number of ether oxygens (including phenoxy) is 1. The molecule has 0 bridgehead atoms. The third-order valence-corrected chi connectivity index (χ3v) is 7.52. The van der Waals surface area contributed by atoms with Gasteiger partial charge < -0.3 is 9.84 Å². The number of carboxylic acids is 1. The fraction of sp³-hybridized carbons (Fsp3) is 0.536. The average Bonchev–Trinajstić information content (AvgIpc) is 3.29. The first-order valence-corrected chi connectivity index (χ1v) is 12.2. The van der Waals surface area contributed by atoms with Crippen LogP contribution in [0.25, 0.3) is 11.1 Å². The van der Waals surface area contributed by atoms with Crippen molar-refractivity contribution in [1.82, 2.24) is 0 Å². The number of carboxylic acid groups (broad SMARTS) is 1. The highest BCUT2D eigenvalue weighted by Crippen LogP contribution is 2.34. The van der Waals surface area contributed by atoms with Crippen LogP contribution in [0.15, 0.2) is 48.5 Å². The molecule has 2 aromatic rings. The van der Waals surface area contributed by atoms with Crippen LogP contribution in [0.1, 0.15) is 70.3 Å². The number of aliphatic carboxylic acids is 1. The van der Waals surface area contributed by atoms with Crippen LogP contribution < -0.4 is 4.74 Å². The standard InChI is InChI=1S/C28H36O3/c1-2-20-9-14-26(15-10-20)31-27-16-12-23(13-17-27)24-5-3-4-21(18-24)6-7-22-8-11-25(19-22)28(29)30/h3-5,12-13,16-18,20,22,25-26H,2,6-11,14-15,19H2,1H3,(H,29,30). The van der Waals surface area contributed by atoms with Crippen LogP contribution in [0.4, 0.5) is 0 Å². The number of carbonyl (C=O) groups is 1. The van der Waals surface area contributed by atoms with E-state index in [4.69, 9.17) is 4.74 Å². The Labute approximate surface area is 186 Å². The van der Waals surface area contributed by atoms with Crippen LogP contribution >= 0.6 is 0 Å². The first-order chi connectivity index (χ1) is 15.1. The quantitative estimate of drug-likeness (QED) is 0.494. The molecule has 166 valence electrons. The van der Waals surface area contributed by atoms with Crippen LogP contribution in [-0.2, 0) is 11.2 Å². The summed E-state index contributed by atoms with van der Waals surface area (Å²) < 4.78 is 6.24. The minimum Gasteiger partial charge on any atom is -0.490 e. The van der Waals surface area contributed by atoms with Gasteiger partial charge in [0.05, 0.1) is 12.0 Å². The number of aryl methyl sites for hydroxylation is 1. The van der Waals surface area contributed by atoms with Crippen LogP contribution in [0.2, 0.25) is 0 Å². The smallest absolute Gasteiger partial charge is 0.306 e. The zero-order valence-corrected chi connectivity index (χ0v) is 18.8. The van der Waals surface area contributed by atoms with E-state index in [0.29, 0.717) is 12.0 Å². The summed E-state index contributed by atoms with van der Waals surface area (Å²) in [5, 5.41) is 9.20. The van der Waals surface area contributed by atoms with Crippen molar-refractivity contribution in [3.05, 3.63) is 54.1 Å². The summed E-state index contributed by atoms with van der Waals surface area (Å²) in [5.74, 6) is 1.67. The van der Waals surface area contributed by atoms with Crippen molar-refractivity contribution in [2.75, 3.05) is 0 Å². The van der Waals surface area contributed by atoms with Crippen molar-refractivity contribution >= 4 is 5.97 Å². The van der Waals surface area contributed by atoms with E-state index in [0.717, 1.165) is 43.8 Å². The number of hydrogen-bond acceptors (Lipinski definition) is 2. The Hall–Kier alpha value is -2.29. The normalized spacial score (nSPS) is 26.0. The molecule has 2 atom stereocenters. The Morgan fingerprint density at radius 2 is 1.68 bits per heavy atom. The Morgan fingerprint density at radius 1 is 0.935 bits per heavy atom. The first-order valence-electron chi connectivity index (χ1n) is 12.2. The minimum absolute atomic E-state index is 0.126. The summed E-state index contributed by atoms with van der Waals surface area (Å²) >= 11 is 0. The van der Waals surface area contributed by atoms with Gasteiger partial charge in [0.2, 0.25) is 0 Å². The Kier molecular flexibility index (Phi) is 7.32. The summed E-state index contributed by atoms with van der Waals surface area (Å²) in [5.41, 5.74) is 3.79. The van der Waals surface area contributed by atoms with E-state index in [9.17, 15) is 9.90 Å². The molecule has 2 aromatic carbocycles. The molecule has 2 aliphatic carbocycles. The molecule has 3 heteroatoms. The molecule has 0 heterocycles. The molecule has 0 aromatic heterocycles. The lowest BCUT2D eigenvalue weighted by molar-refractivity contribution is -0.141. The molecule has 0 spiro atoms. The van der Waals surface area contributed by atoms with E-state index < -0.39 is 5.97 Å². The monoisotopic (exact) mass is 420 g/mol. The van der Waals surface area contributed by atoms with E-state index in [-0.39, 0.29) is 5.92 Å².